The summed E-state index contributed by atoms with van der Waals surface area (Å²) in [6.45, 7) is 20.6. The summed E-state index contributed by atoms with van der Waals surface area (Å²) in [6.07, 6.45) is 5.33. The van der Waals surface area contributed by atoms with E-state index in [0.29, 0.717) is 51.0 Å². The quantitative estimate of drug-likeness (QED) is 0.0569. The first-order chi connectivity index (χ1) is 38.1. The molecule has 2 saturated heterocycles. The Kier molecular flexibility index (Phi) is 29.6. The summed E-state index contributed by atoms with van der Waals surface area (Å²) in [5.74, 6) is -4.66. The maximum Gasteiger partial charge on any atom is 0.306 e. The third kappa shape index (κ3) is 21.7. The molecule has 456 valence electrons. The number of amides is 5. The van der Waals surface area contributed by atoms with E-state index >= 15 is 0 Å². The second-order valence-electron chi connectivity index (χ2n) is 24.1. The molecule has 81 heavy (non-hydrogen) atoms. The molecule has 0 saturated carbocycles. The molecule has 5 amide bonds. The molecule has 1 aromatic rings. The molecule has 2 aliphatic rings. The van der Waals surface area contributed by atoms with E-state index < -0.39 is 60.0 Å². The number of carbonyl (C=O) groups is 9. The third-order valence-corrected chi connectivity index (χ3v) is 16.4. The van der Waals surface area contributed by atoms with E-state index in [4.69, 9.17) is 14.2 Å². The minimum atomic E-state index is -0.859. The number of nitrogens with one attached hydrogen (secondary N) is 2. The summed E-state index contributed by atoms with van der Waals surface area (Å²) >= 11 is 0. The predicted octanol–water partition coefficient (Wildman–Crippen LogP) is 7.23. The molecule has 3 N–H and O–H groups in total. The zero-order chi connectivity index (χ0) is 60.8. The van der Waals surface area contributed by atoms with Crippen LogP contribution in [0.2, 0.25) is 0 Å². The summed E-state index contributed by atoms with van der Waals surface area (Å²) in [7, 11) is 8.63. The maximum atomic E-state index is 14.5. The van der Waals surface area contributed by atoms with E-state index in [1.807, 2.05) is 74.4 Å². The molecule has 2 fully saturated rings. The molecule has 0 radical (unpaired) electrons. The standard InChI is InChI=1S/C62H100N6O13/c1-16-41(8)57(66(13)61(76)50(39(4)5)34-52(71)56(40(6)7)65(11)12)53(79-14)35-55(73)68-29-17-18-51(68)58(80-15)43(10)60(75)64-47(32-38(2)3)23-24-49(70)37-81-36-44-19-21-46(22-20-44)63-59(74)42(9)33-48(69)25-26-54(72)67-30-27-45(28-31-67)62(77)78/h19-24,38-43,45,47,50-51,53,56-58H,16-18,25-37H2,1-15H3,(H,63,74)(H,64,75)(H,77,78)/b24-23+/t41-,42-,43+,47+,50-,51-,53+,56-,57-,58+/m0/s1. The van der Waals surface area contributed by atoms with Crippen LogP contribution >= 0.6 is 0 Å². The van der Waals surface area contributed by atoms with Crippen molar-refractivity contribution >= 4 is 58.5 Å². The van der Waals surface area contributed by atoms with E-state index in [1.165, 1.54) is 6.08 Å². The zero-order valence-electron chi connectivity index (χ0n) is 51.5. The maximum absolute atomic E-state index is 14.5. The van der Waals surface area contributed by atoms with Crippen molar-refractivity contribution in [3.8, 4) is 0 Å². The number of ketones is 3. The molecule has 2 heterocycles. The number of hydrogen-bond acceptors (Lipinski definition) is 13. The Bertz CT molecular complexity index is 2250. The third-order valence-electron chi connectivity index (χ3n) is 16.4. The number of carboxylic acid groups (broad SMARTS) is 1. The molecule has 3 rings (SSSR count). The van der Waals surface area contributed by atoms with Gasteiger partial charge in [-0.2, -0.15) is 0 Å². The second-order valence-corrected chi connectivity index (χ2v) is 24.1. The highest BCUT2D eigenvalue weighted by atomic mass is 16.5. The molecule has 1 aromatic carbocycles. The number of ether oxygens (including phenoxy) is 3. The van der Waals surface area contributed by atoms with Crippen molar-refractivity contribution in [1.29, 1.82) is 0 Å². The van der Waals surface area contributed by atoms with Crippen molar-refractivity contribution in [1.82, 2.24) is 24.9 Å². The average Bonchev–Trinajstić information content (AvgIpc) is 3.93. The van der Waals surface area contributed by atoms with Crippen LogP contribution in [0.5, 0.6) is 0 Å². The summed E-state index contributed by atoms with van der Waals surface area (Å²) in [6, 6.07) is 5.26. The normalized spacial score (nSPS) is 18.5. The average molecular weight is 1140 g/mol. The van der Waals surface area contributed by atoms with Gasteiger partial charge in [0, 0.05) is 90.1 Å². The highest BCUT2D eigenvalue weighted by Crippen LogP contribution is 2.31. The molecule has 0 aromatic heterocycles. The Morgan fingerprint density at radius 3 is 1.96 bits per heavy atom. The van der Waals surface area contributed by atoms with Gasteiger partial charge < -0.3 is 44.7 Å². The van der Waals surface area contributed by atoms with Crippen LogP contribution in [0.25, 0.3) is 0 Å². The number of carboxylic acids is 1. The van der Waals surface area contributed by atoms with Crippen LogP contribution in [0.4, 0.5) is 5.69 Å². The molecule has 10 atom stereocenters. The van der Waals surface area contributed by atoms with Crippen LogP contribution in [0.3, 0.4) is 0 Å². The van der Waals surface area contributed by atoms with E-state index in [0.717, 1.165) is 18.4 Å². The van der Waals surface area contributed by atoms with Gasteiger partial charge in [0.2, 0.25) is 29.5 Å². The van der Waals surface area contributed by atoms with Gasteiger partial charge in [-0.1, -0.05) is 93.9 Å². The number of Topliss-reactive ketones (excluding diaryl/α,β-unsaturated/α-hetero) is 2. The lowest BCUT2D eigenvalue weighted by Crippen LogP contribution is -2.54. The van der Waals surface area contributed by atoms with Gasteiger partial charge in [0.1, 0.15) is 12.4 Å². The van der Waals surface area contributed by atoms with Crippen molar-refractivity contribution in [3.05, 3.63) is 42.0 Å². The number of piperidine rings is 1. The van der Waals surface area contributed by atoms with Crippen LogP contribution in [0.1, 0.15) is 145 Å². The van der Waals surface area contributed by atoms with Crippen LogP contribution in [0.15, 0.2) is 36.4 Å². The Labute approximate surface area is 483 Å². The first-order valence-corrected chi connectivity index (χ1v) is 29.5. The monoisotopic (exact) mass is 1140 g/mol. The minimum absolute atomic E-state index is 0.00390. The van der Waals surface area contributed by atoms with Gasteiger partial charge in [-0.3, -0.25) is 48.1 Å². The lowest BCUT2D eigenvalue weighted by molar-refractivity contribution is -0.149. The van der Waals surface area contributed by atoms with Gasteiger partial charge in [-0.15, -0.1) is 0 Å². The number of benzene rings is 1. The molecule has 19 nitrogen and oxygen atoms in total. The SMILES string of the molecule is CC[C@H](C)[C@@H]([C@@H](CC(=O)N1CCC[C@H]1[C@H](OC)[C@@H](C)C(=O)N[C@H](/C=C/C(=O)COCc1ccc(NC(=O)[C@@H](C)CC(=O)CCC(=O)N2CCC(C(=O)O)CC2)cc1)CC(C)C)OC)N(C)C(=O)[C@@H](CC(=O)[C@H](C(C)C)N(C)C)C(C)C. The van der Waals surface area contributed by atoms with Crippen LogP contribution in [-0.4, -0.2) is 176 Å². The summed E-state index contributed by atoms with van der Waals surface area (Å²) < 4.78 is 17.9. The van der Waals surface area contributed by atoms with E-state index in [2.05, 4.69) is 10.6 Å². The number of methoxy groups -OCH3 is 2. The molecule has 0 bridgehead atoms. The Hall–Kier alpha value is -5.37. The topological polar surface area (TPSA) is 239 Å². The fourth-order valence-corrected chi connectivity index (χ4v) is 11.6. The highest BCUT2D eigenvalue weighted by Gasteiger charge is 2.43. The van der Waals surface area contributed by atoms with Crippen LogP contribution < -0.4 is 10.6 Å². The van der Waals surface area contributed by atoms with E-state index in [1.54, 1.807) is 80.2 Å². The molecule has 2 aliphatic heterocycles. The predicted molar refractivity (Wildman–Crippen MR) is 312 cm³/mol. The first kappa shape index (κ1) is 69.9. The van der Waals surface area contributed by atoms with Crippen LogP contribution in [0, 0.1) is 47.3 Å². The zero-order valence-corrected chi connectivity index (χ0v) is 51.5. The molecular weight excluding hydrogens is 1040 g/mol. The Morgan fingerprint density at radius 1 is 0.778 bits per heavy atom. The minimum Gasteiger partial charge on any atom is -0.481 e. The summed E-state index contributed by atoms with van der Waals surface area (Å²) in [5, 5.41) is 15.1. The van der Waals surface area contributed by atoms with Gasteiger partial charge in [-0.25, -0.2) is 0 Å². The number of carbonyl (C=O) groups excluding carboxylic acids is 8. The smallest absolute Gasteiger partial charge is 0.306 e. The fourth-order valence-electron chi connectivity index (χ4n) is 11.6. The Morgan fingerprint density at radius 2 is 1.42 bits per heavy atom. The first-order valence-electron chi connectivity index (χ1n) is 29.5. The number of likely N-dealkylation sites (N-methyl/N-ethyl adjacent to an activating group) is 2. The number of rotatable bonds is 35. The highest BCUT2D eigenvalue weighted by molar-refractivity contribution is 5.96. The number of likely N-dealkylation sites (tertiary alicyclic amines) is 2. The fraction of sp³-hybridized carbons (Fsp3) is 0.726. The molecule has 0 unspecified atom stereocenters. The number of anilines is 1. The van der Waals surface area contributed by atoms with Crippen molar-refractivity contribution < 1.29 is 62.5 Å². The lowest BCUT2D eigenvalue weighted by atomic mass is 9.83. The Balaban J connectivity index is 1.56. The van der Waals surface area contributed by atoms with Gasteiger partial charge in [-0.05, 0) is 93.6 Å². The van der Waals surface area contributed by atoms with Gasteiger partial charge in [0.25, 0.3) is 0 Å². The van der Waals surface area contributed by atoms with Crippen molar-refractivity contribution in [2.75, 3.05) is 66.9 Å². The van der Waals surface area contributed by atoms with Crippen molar-refractivity contribution in [3.63, 3.8) is 0 Å². The van der Waals surface area contributed by atoms with Crippen LogP contribution in [-0.2, 0) is 64.0 Å². The van der Waals surface area contributed by atoms with E-state index in [9.17, 15) is 48.3 Å². The van der Waals surface area contributed by atoms with Gasteiger partial charge in [0.05, 0.1) is 55.2 Å². The van der Waals surface area contributed by atoms with E-state index in [-0.39, 0.29) is 122 Å². The van der Waals surface area contributed by atoms with Gasteiger partial charge >= 0.3 is 5.97 Å². The second kappa shape index (κ2) is 34.3. The van der Waals surface area contributed by atoms with Crippen molar-refractivity contribution in [2.45, 2.75) is 183 Å². The molecule has 19 heteroatoms. The molecule has 0 spiro atoms. The largest absolute Gasteiger partial charge is 0.481 e. The van der Waals surface area contributed by atoms with Gasteiger partial charge in [0.15, 0.2) is 11.6 Å². The molecular formula is C62H100N6O13. The number of aliphatic carboxylic acids is 1. The number of nitrogens with zero attached hydrogens (tertiary/aromatic N) is 4. The summed E-state index contributed by atoms with van der Waals surface area (Å²) in [4.78, 5) is 126. The number of hydrogen-bond donors (Lipinski definition) is 3. The summed E-state index contributed by atoms with van der Waals surface area (Å²) in [5.41, 5.74) is 1.27. The molecule has 0 aliphatic carbocycles. The van der Waals surface area contributed by atoms with Crippen molar-refractivity contribution in [2.24, 2.45) is 47.3 Å². The lowest BCUT2D eigenvalue weighted by Gasteiger charge is -2.41.